The molecule has 0 fully saturated rings. The van der Waals surface area contributed by atoms with Crippen LogP contribution in [0.3, 0.4) is 0 Å². The fourth-order valence-corrected chi connectivity index (χ4v) is 1.89. The van der Waals surface area contributed by atoms with Gasteiger partial charge in [-0.3, -0.25) is 9.58 Å². The van der Waals surface area contributed by atoms with Gasteiger partial charge >= 0.3 is 5.97 Å². The van der Waals surface area contributed by atoms with Crippen molar-refractivity contribution in [3.63, 3.8) is 0 Å². The fraction of sp³-hybridized carbons (Fsp3) is 0.556. The molecule has 1 aromatic heterocycles. The average Bonchev–Trinajstić information content (AvgIpc) is 2.60. The molecular formula is C9H13N3O2. The third kappa shape index (κ3) is 1.21. The zero-order valence-electron chi connectivity index (χ0n) is 8.32. The molecule has 0 saturated carbocycles. The molecule has 0 atom stereocenters. The van der Waals surface area contributed by atoms with Crippen molar-refractivity contribution >= 4 is 5.97 Å². The molecule has 0 aliphatic carbocycles. The van der Waals surface area contributed by atoms with Crippen molar-refractivity contribution in [2.45, 2.75) is 26.6 Å². The van der Waals surface area contributed by atoms with Crippen LogP contribution in [0.4, 0.5) is 0 Å². The van der Waals surface area contributed by atoms with E-state index >= 15 is 0 Å². The highest BCUT2D eigenvalue weighted by Gasteiger charge is 2.27. The summed E-state index contributed by atoms with van der Waals surface area (Å²) in [7, 11) is 1.98. The number of fused-ring (bicyclic) bond motifs is 1. The zero-order chi connectivity index (χ0) is 10.3. The number of aromatic carboxylic acids is 1. The summed E-state index contributed by atoms with van der Waals surface area (Å²) in [6, 6.07) is 0. The minimum Gasteiger partial charge on any atom is -0.476 e. The van der Waals surface area contributed by atoms with Gasteiger partial charge in [-0.15, -0.1) is 0 Å². The number of carbonyl (C=O) groups is 1. The fourth-order valence-electron chi connectivity index (χ4n) is 1.89. The number of aromatic nitrogens is 2. The Morgan fingerprint density at radius 2 is 2.29 bits per heavy atom. The van der Waals surface area contributed by atoms with Crippen molar-refractivity contribution in [2.24, 2.45) is 0 Å². The summed E-state index contributed by atoms with van der Waals surface area (Å²) in [5.41, 5.74) is 2.14. The van der Waals surface area contributed by atoms with E-state index in [2.05, 4.69) is 10.00 Å². The molecule has 0 bridgehead atoms. The zero-order valence-corrected chi connectivity index (χ0v) is 8.32. The average molecular weight is 195 g/mol. The summed E-state index contributed by atoms with van der Waals surface area (Å²) in [6.07, 6.45) is 0. The molecule has 1 aromatic rings. The Hall–Kier alpha value is -1.36. The van der Waals surface area contributed by atoms with Crippen LogP contribution in [0.25, 0.3) is 0 Å². The summed E-state index contributed by atoms with van der Waals surface area (Å²) < 4.78 is 1.78. The van der Waals surface area contributed by atoms with E-state index in [0.29, 0.717) is 6.54 Å². The molecule has 5 nitrogen and oxygen atoms in total. The first-order chi connectivity index (χ1) is 6.63. The van der Waals surface area contributed by atoms with E-state index in [1.54, 1.807) is 4.68 Å². The number of carboxylic acids is 1. The van der Waals surface area contributed by atoms with E-state index in [9.17, 15) is 4.79 Å². The van der Waals surface area contributed by atoms with Gasteiger partial charge in [-0.2, -0.15) is 5.10 Å². The molecule has 2 rings (SSSR count). The highest BCUT2D eigenvalue weighted by Crippen LogP contribution is 2.24. The van der Waals surface area contributed by atoms with Gasteiger partial charge in [0.2, 0.25) is 0 Å². The quantitative estimate of drug-likeness (QED) is 0.748. The number of rotatable bonds is 2. The van der Waals surface area contributed by atoms with Gasteiger partial charge in [0, 0.05) is 25.2 Å². The lowest BCUT2D eigenvalue weighted by atomic mass is 10.2. The van der Waals surface area contributed by atoms with E-state index in [1.807, 2.05) is 14.0 Å². The van der Waals surface area contributed by atoms with Gasteiger partial charge in [-0.05, 0) is 14.0 Å². The SMILES string of the molecule is CCn1nc(C(=O)O)c2c1CN(C)C2. The monoisotopic (exact) mass is 195 g/mol. The number of nitrogens with zero attached hydrogens (tertiary/aromatic N) is 3. The molecule has 0 radical (unpaired) electrons. The third-order valence-corrected chi connectivity index (χ3v) is 2.52. The number of aryl methyl sites for hydroxylation is 1. The van der Waals surface area contributed by atoms with Crippen LogP contribution < -0.4 is 0 Å². The van der Waals surface area contributed by atoms with Crippen molar-refractivity contribution < 1.29 is 9.90 Å². The first-order valence-electron chi connectivity index (χ1n) is 4.64. The summed E-state index contributed by atoms with van der Waals surface area (Å²) in [5.74, 6) is -0.927. The smallest absolute Gasteiger partial charge is 0.356 e. The Labute approximate surface area is 81.9 Å². The van der Waals surface area contributed by atoms with Crippen LogP contribution >= 0.6 is 0 Å². The Kier molecular flexibility index (Phi) is 2.03. The van der Waals surface area contributed by atoms with Crippen LogP contribution in [0.5, 0.6) is 0 Å². The molecule has 0 saturated heterocycles. The molecule has 1 aliphatic heterocycles. The van der Waals surface area contributed by atoms with Crippen molar-refractivity contribution in [1.82, 2.24) is 14.7 Å². The maximum absolute atomic E-state index is 10.9. The van der Waals surface area contributed by atoms with E-state index < -0.39 is 5.97 Å². The second kappa shape index (κ2) is 3.09. The van der Waals surface area contributed by atoms with Crippen LogP contribution in [0.1, 0.15) is 28.7 Å². The minimum atomic E-state index is -0.927. The molecule has 14 heavy (non-hydrogen) atoms. The predicted octanol–water partition coefficient (Wildman–Crippen LogP) is 0.547. The Morgan fingerprint density at radius 3 is 2.86 bits per heavy atom. The predicted molar refractivity (Wildman–Crippen MR) is 50.0 cm³/mol. The van der Waals surface area contributed by atoms with E-state index in [-0.39, 0.29) is 5.69 Å². The molecule has 0 spiro atoms. The van der Waals surface area contributed by atoms with E-state index in [0.717, 1.165) is 24.3 Å². The molecule has 0 amide bonds. The molecule has 1 aliphatic rings. The third-order valence-electron chi connectivity index (χ3n) is 2.52. The number of hydrogen-bond acceptors (Lipinski definition) is 3. The van der Waals surface area contributed by atoms with E-state index in [4.69, 9.17) is 5.11 Å². The molecule has 5 heteroatoms. The second-order valence-electron chi connectivity index (χ2n) is 3.57. The molecule has 2 heterocycles. The maximum atomic E-state index is 10.9. The lowest BCUT2D eigenvalue weighted by Gasteiger charge is -2.07. The standard InChI is InChI=1S/C9H13N3O2/c1-3-12-7-5-11(2)4-6(7)8(10-12)9(13)14/h3-5H2,1-2H3,(H,13,14). The number of carboxylic acid groups (broad SMARTS) is 1. The lowest BCUT2D eigenvalue weighted by molar-refractivity contribution is 0.0687. The summed E-state index contributed by atoms with van der Waals surface area (Å²) >= 11 is 0. The van der Waals surface area contributed by atoms with Crippen LogP contribution in [0.2, 0.25) is 0 Å². The van der Waals surface area contributed by atoms with Crippen molar-refractivity contribution in [2.75, 3.05) is 7.05 Å². The van der Waals surface area contributed by atoms with Crippen LogP contribution in [-0.4, -0.2) is 32.8 Å². The van der Waals surface area contributed by atoms with Gasteiger partial charge < -0.3 is 5.11 Å². The van der Waals surface area contributed by atoms with Crippen molar-refractivity contribution in [3.05, 3.63) is 17.0 Å². The summed E-state index contributed by atoms with van der Waals surface area (Å²) in [4.78, 5) is 13.0. The second-order valence-corrected chi connectivity index (χ2v) is 3.57. The van der Waals surface area contributed by atoms with Gasteiger partial charge in [0.05, 0.1) is 5.69 Å². The highest BCUT2D eigenvalue weighted by atomic mass is 16.4. The minimum absolute atomic E-state index is 0.214. The van der Waals surface area contributed by atoms with Crippen LogP contribution in [0.15, 0.2) is 0 Å². The molecule has 76 valence electrons. The van der Waals surface area contributed by atoms with Crippen molar-refractivity contribution in [1.29, 1.82) is 0 Å². The largest absolute Gasteiger partial charge is 0.476 e. The van der Waals surface area contributed by atoms with Crippen LogP contribution in [0, 0.1) is 0 Å². The highest BCUT2D eigenvalue weighted by molar-refractivity contribution is 5.87. The van der Waals surface area contributed by atoms with E-state index in [1.165, 1.54) is 0 Å². The Bertz CT molecular complexity index is 384. The normalized spacial score (nSPS) is 15.9. The molecule has 0 unspecified atom stereocenters. The van der Waals surface area contributed by atoms with Gasteiger partial charge in [-0.25, -0.2) is 4.79 Å². The Morgan fingerprint density at radius 1 is 1.57 bits per heavy atom. The first kappa shape index (κ1) is 9.21. The summed E-state index contributed by atoms with van der Waals surface area (Å²) in [6.45, 7) is 4.18. The first-order valence-corrected chi connectivity index (χ1v) is 4.64. The van der Waals surface area contributed by atoms with Gasteiger partial charge in [-0.1, -0.05) is 0 Å². The maximum Gasteiger partial charge on any atom is 0.356 e. The lowest BCUT2D eigenvalue weighted by Crippen LogP contribution is -2.13. The van der Waals surface area contributed by atoms with Gasteiger partial charge in [0.15, 0.2) is 5.69 Å². The summed E-state index contributed by atoms with van der Waals surface area (Å²) in [5, 5.41) is 13.0. The van der Waals surface area contributed by atoms with Crippen molar-refractivity contribution in [3.8, 4) is 0 Å². The van der Waals surface area contributed by atoms with Crippen LogP contribution in [-0.2, 0) is 19.6 Å². The Balaban J connectivity index is 2.51. The topological polar surface area (TPSA) is 58.4 Å². The van der Waals surface area contributed by atoms with Gasteiger partial charge in [0.1, 0.15) is 0 Å². The molecule has 1 N–H and O–H groups in total. The number of hydrogen-bond donors (Lipinski definition) is 1. The van der Waals surface area contributed by atoms with Gasteiger partial charge in [0.25, 0.3) is 0 Å². The molecular weight excluding hydrogens is 182 g/mol. The molecule has 0 aromatic carbocycles.